The van der Waals surface area contributed by atoms with E-state index in [0.717, 1.165) is 0 Å². The molecule has 0 aromatic carbocycles. The van der Waals surface area contributed by atoms with Crippen molar-refractivity contribution in [2.24, 2.45) is 17.8 Å². The number of allylic oxidation sites excluding steroid dienone is 5. The fraction of sp³-hybridized carbons (Fsp3) is 0.625. The topological polar surface area (TPSA) is 54.4 Å². The largest absolute Gasteiger partial charge is 0.295 e. The van der Waals surface area contributed by atoms with Crippen LogP contribution in [0.2, 0.25) is 0 Å². The molecule has 0 amide bonds. The third-order valence-corrected chi connectivity index (χ3v) is 3.99. The second-order valence-electron chi connectivity index (χ2n) is 5.92. The van der Waals surface area contributed by atoms with Gasteiger partial charge in [-0.3, -0.25) is 4.55 Å². The van der Waals surface area contributed by atoms with Gasteiger partial charge >= 0.3 is 0 Å². The first-order valence-corrected chi connectivity index (χ1v) is 8.52. The van der Waals surface area contributed by atoms with E-state index in [1.807, 2.05) is 53.7 Å². The zero-order valence-corrected chi connectivity index (χ0v) is 14.5. The van der Waals surface area contributed by atoms with Crippen LogP contribution < -0.4 is 0 Å². The zero-order chi connectivity index (χ0) is 16.1. The molecule has 0 aromatic rings. The molecule has 0 aliphatic carbocycles. The van der Waals surface area contributed by atoms with Crippen LogP contribution in [0, 0.1) is 17.8 Å². The summed E-state index contributed by atoms with van der Waals surface area (Å²) in [5.41, 5.74) is 1.31. The van der Waals surface area contributed by atoms with E-state index in [4.69, 9.17) is 0 Å². The van der Waals surface area contributed by atoms with Crippen molar-refractivity contribution < 1.29 is 13.0 Å². The first kappa shape index (κ1) is 19.1. The van der Waals surface area contributed by atoms with E-state index in [0.29, 0.717) is 17.1 Å². The average Bonchev–Trinajstić information content (AvgIpc) is 2.25. The Morgan fingerprint density at radius 2 is 1.50 bits per heavy atom. The maximum atomic E-state index is 11.8. The average molecular weight is 300 g/mol. The van der Waals surface area contributed by atoms with Gasteiger partial charge in [0.25, 0.3) is 10.1 Å². The number of hydrogen-bond donors (Lipinski definition) is 1. The van der Waals surface area contributed by atoms with Crippen LogP contribution in [0.1, 0.15) is 48.5 Å². The highest BCUT2D eigenvalue weighted by atomic mass is 32.2. The van der Waals surface area contributed by atoms with Gasteiger partial charge in [-0.05, 0) is 35.8 Å². The summed E-state index contributed by atoms with van der Waals surface area (Å²) in [6.07, 6.45) is 5.54. The Balaban J connectivity index is 6.34. The van der Waals surface area contributed by atoms with Gasteiger partial charge in [0.2, 0.25) is 0 Å². The van der Waals surface area contributed by atoms with E-state index in [2.05, 4.69) is 0 Å². The fourth-order valence-electron chi connectivity index (χ4n) is 2.02. The molecule has 0 rings (SSSR count). The smallest absolute Gasteiger partial charge is 0.282 e. The highest BCUT2D eigenvalue weighted by Crippen LogP contribution is 2.31. The van der Waals surface area contributed by atoms with Gasteiger partial charge in [-0.25, -0.2) is 0 Å². The third-order valence-electron chi connectivity index (χ3n) is 3.00. The Hall–Kier alpha value is -0.870. The van der Waals surface area contributed by atoms with Gasteiger partial charge in [-0.15, -0.1) is 0 Å². The second kappa shape index (κ2) is 7.79. The summed E-state index contributed by atoms with van der Waals surface area (Å²) < 4.78 is 33.4. The molecule has 0 radical (unpaired) electrons. The Morgan fingerprint density at radius 1 is 1.00 bits per heavy atom. The monoisotopic (exact) mass is 300 g/mol. The quantitative estimate of drug-likeness (QED) is 0.576. The van der Waals surface area contributed by atoms with Crippen molar-refractivity contribution in [3.8, 4) is 0 Å². The van der Waals surface area contributed by atoms with E-state index in [1.165, 1.54) is 0 Å². The van der Waals surface area contributed by atoms with Crippen molar-refractivity contribution in [3.63, 3.8) is 0 Å². The summed E-state index contributed by atoms with van der Waals surface area (Å²) in [6.45, 7) is 13.6. The van der Waals surface area contributed by atoms with Crippen LogP contribution in [0.15, 0.2) is 34.3 Å². The standard InChI is InChI=1S/C16H28O3S/c1-8-14(12(4)5)16(20(17,18)19)15(13(6)7)10-9-11(2)3/h8-13H,1-7H3,(H,17,18,19)/b10-9+,14-8-,16-15-. The lowest BCUT2D eigenvalue weighted by atomic mass is 9.94. The third kappa shape index (κ3) is 5.63. The van der Waals surface area contributed by atoms with Crippen molar-refractivity contribution in [1.82, 2.24) is 0 Å². The molecule has 0 saturated carbocycles. The summed E-state index contributed by atoms with van der Waals surface area (Å²) in [5.74, 6) is 0.355. The van der Waals surface area contributed by atoms with Gasteiger partial charge < -0.3 is 0 Å². The summed E-state index contributed by atoms with van der Waals surface area (Å²) in [4.78, 5) is 0.0573. The molecular formula is C16H28O3S. The molecule has 0 aliphatic heterocycles. The van der Waals surface area contributed by atoms with Crippen molar-refractivity contribution in [2.45, 2.75) is 48.5 Å². The minimum atomic E-state index is -4.25. The lowest BCUT2D eigenvalue weighted by Crippen LogP contribution is -2.13. The van der Waals surface area contributed by atoms with E-state index in [-0.39, 0.29) is 16.7 Å². The molecule has 116 valence electrons. The van der Waals surface area contributed by atoms with Crippen molar-refractivity contribution >= 4 is 10.1 Å². The van der Waals surface area contributed by atoms with Gasteiger partial charge in [0, 0.05) is 0 Å². The van der Waals surface area contributed by atoms with Crippen molar-refractivity contribution in [1.29, 1.82) is 0 Å². The molecule has 20 heavy (non-hydrogen) atoms. The van der Waals surface area contributed by atoms with Gasteiger partial charge in [0.15, 0.2) is 0 Å². The highest BCUT2D eigenvalue weighted by Gasteiger charge is 2.25. The predicted octanol–water partition coefficient (Wildman–Crippen LogP) is 4.60. The van der Waals surface area contributed by atoms with Crippen molar-refractivity contribution in [2.75, 3.05) is 0 Å². The summed E-state index contributed by atoms with van der Waals surface area (Å²) in [6, 6.07) is 0. The lowest BCUT2D eigenvalue weighted by Gasteiger charge is -2.19. The van der Waals surface area contributed by atoms with Crippen LogP contribution in [-0.2, 0) is 10.1 Å². The molecule has 0 bridgehead atoms. The molecule has 0 saturated heterocycles. The molecule has 0 spiro atoms. The molecular weight excluding hydrogens is 272 g/mol. The minimum Gasteiger partial charge on any atom is -0.282 e. The second-order valence-corrected chi connectivity index (χ2v) is 7.27. The fourth-order valence-corrected chi connectivity index (χ4v) is 3.27. The Bertz CT molecular complexity index is 504. The molecule has 4 heteroatoms. The molecule has 0 aromatic heterocycles. The van der Waals surface area contributed by atoms with Crippen LogP contribution in [0.3, 0.4) is 0 Å². The molecule has 3 nitrogen and oxygen atoms in total. The van der Waals surface area contributed by atoms with Crippen LogP contribution in [0.25, 0.3) is 0 Å². The Kier molecular flexibility index (Phi) is 7.45. The van der Waals surface area contributed by atoms with Gasteiger partial charge in [0.1, 0.15) is 4.91 Å². The van der Waals surface area contributed by atoms with Gasteiger partial charge in [0.05, 0.1) is 0 Å². The van der Waals surface area contributed by atoms with Crippen LogP contribution >= 0.6 is 0 Å². The molecule has 0 unspecified atom stereocenters. The van der Waals surface area contributed by atoms with Crippen molar-refractivity contribution in [3.05, 3.63) is 34.3 Å². The zero-order valence-electron chi connectivity index (χ0n) is 13.6. The SMILES string of the molecule is C\C=C(/C(=C(\C=C\C(C)C)C(C)C)S(=O)(=O)O)C(C)C. The summed E-state index contributed by atoms with van der Waals surface area (Å²) >= 11 is 0. The van der Waals surface area contributed by atoms with E-state index in [1.54, 1.807) is 13.0 Å². The molecule has 0 atom stereocenters. The van der Waals surface area contributed by atoms with E-state index < -0.39 is 10.1 Å². The minimum absolute atomic E-state index is 0.00984. The maximum Gasteiger partial charge on any atom is 0.295 e. The van der Waals surface area contributed by atoms with Crippen LogP contribution in [0.5, 0.6) is 0 Å². The molecule has 0 heterocycles. The van der Waals surface area contributed by atoms with Crippen LogP contribution in [-0.4, -0.2) is 13.0 Å². The normalized spacial score (nSPS) is 15.7. The molecule has 1 N–H and O–H groups in total. The molecule has 0 aliphatic rings. The van der Waals surface area contributed by atoms with Crippen LogP contribution in [0.4, 0.5) is 0 Å². The van der Waals surface area contributed by atoms with Gasteiger partial charge in [-0.2, -0.15) is 8.42 Å². The van der Waals surface area contributed by atoms with E-state index >= 15 is 0 Å². The summed E-state index contributed by atoms with van der Waals surface area (Å²) in [5, 5.41) is 0. The Labute approximate surface area is 124 Å². The first-order valence-electron chi connectivity index (χ1n) is 7.08. The van der Waals surface area contributed by atoms with E-state index in [9.17, 15) is 13.0 Å². The number of hydrogen-bond acceptors (Lipinski definition) is 2. The Morgan fingerprint density at radius 3 is 1.75 bits per heavy atom. The lowest BCUT2D eigenvalue weighted by molar-refractivity contribution is 0.489. The number of rotatable bonds is 6. The molecule has 0 fully saturated rings. The maximum absolute atomic E-state index is 11.8. The van der Waals surface area contributed by atoms with Gasteiger partial charge in [-0.1, -0.05) is 59.8 Å². The predicted molar refractivity (Wildman–Crippen MR) is 86.0 cm³/mol. The summed E-state index contributed by atoms with van der Waals surface area (Å²) in [7, 11) is -4.25. The highest BCUT2D eigenvalue weighted by molar-refractivity contribution is 7.90. The first-order chi connectivity index (χ1) is 9.02.